The van der Waals surface area contributed by atoms with Gasteiger partial charge in [-0.15, -0.1) is 0 Å². The summed E-state index contributed by atoms with van der Waals surface area (Å²) in [4.78, 5) is 3.97. The van der Waals surface area contributed by atoms with Crippen LogP contribution in [-0.4, -0.2) is 21.8 Å². The van der Waals surface area contributed by atoms with Crippen LogP contribution < -0.4 is 5.73 Å². The fraction of sp³-hybridized carbons (Fsp3) is 0.429. The molecule has 2 N–H and O–H groups in total. The molecule has 144 valence electrons. The molecule has 0 bridgehead atoms. The Morgan fingerprint density at radius 1 is 1.37 bits per heavy atom. The molecule has 0 fully saturated rings. The highest BCUT2D eigenvalue weighted by Crippen LogP contribution is 2.34. The van der Waals surface area contributed by atoms with Gasteiger partial charge in [-0.25, -0.2) is 9.38 Å². The van der Waals surface area contributed by atoms with Crippen LogP contribution in [0.5, 0.6) is 0 Å². The predicted octanol–water partition coefficient (Wildman–Crippen LogP) is 5.27. The lowest BCUT2D eigenvalue weighted by Crippen LogP contribution is -2.03. The zero-order valence-electron chi connectivity index (χ0n) is 16.6. The number of benzene rings is 1. The van der Waals surface area contributed by atoms with Crippen molar-refractivity contribution in [2.45, 2.75) is 46.8 Å². The topological polar surface area (TPSA) is 56.2 Å². The summed E-state index contributed by atoms with van der Waals surface area (Å²) in [5, 5.41) is 5.59. The molecule has 1 heterocycles. The number of allylic oxidation sites excluding steroid dienone is 2. The van der Waals surface area contributed by atoms with E-state index in [9.17, 15) is 4.39 Å². The number of aliphatic imine (C=N–C) groups is 1. The van der Waals surface area contributed by atoms with Gasteiger partial charge in [-0.1, -0.05) is 36.6 Å². The van der Waals surface area contributed by atoms with Crippen molar-refractivity contribution in [1.82, 2.24) is 9.78 Å². The first kappa shape index (κ1) is 21.0. The van der Waals surface area contributed by atoms with E-state index >= 15 is 0 Å². The molecule has 6 heteroatoms. The maximum atomic E-state index is 13.4. The molecule has 0 aliphatic carbocycles. The van der Waals surface area contributed by atoms with Crippen LogP contribution in [0.4, 0.5) is 10.2 Å². The monoisotopic (exact) mass is 388 g/mol. The first-order chi connectivity index (χ1) is 12.5. The summed E-state index contributed by atoms with van der Waals surface area (Å²) in [6, 6.07) is 3.77. The number of rotatable bonds is 4. The Bertz CT molecular complexity index is 952. The zero-order valence-corrected chi connectivity index (χ0v) is 17.4. The third-order valence-electron chi connectivity index (χ3n) is 3.91. The van der Waals surface area contributed by atoms with Crippen LogP contribution in [0, 0.1) is 17.3 Å². The van der Waals surface area contributed by atoms with Gasteiger partial charge in [-0.2, -0.15) is 5.10 Å². The average molecular weight is 389 g/mol. The molecule has 2 atom stereocenters. The third-order valence-corrected chi connectivity index (χ3v) is 4.23. The highest BCUT2D eigenvalue weighted by atomic mass is 35.5. The fourth-order valence-electron chi connectivity index (χ4n) is 2.70. The second kappa shape index (κ2) is 8.14. The maximum absolute atomic E-state index is 13.4. The Labute approximate surface area is 165 Å². The van der Waals surface area contributed by atoms with E-state index in [1.54, 1.807) is 10.8 Å². The Morgan fingerprint density at radius 3 is 2.63 bits per heavy atom. The summed E-state index contributed by atoms with van der Waals surface area (Å²) in [5.74, 6) is 6.48. The molecule has 0 saturated heterocycles. The number of fused-ring (bicyclic) bond motifs is 1. The van der Waals surface area contributed by atoms with E-state index in [-0.39, 0.29) is 11.3 Å². The molecule has 2 rings (SSSR count). The van der Waals surface area contributed by atoms with Gasteiger partial charge in [0.1, 0.15) is 5.71 Å². The van der Waals surface area contributed by atoms with Crippen molar-refractivity contribution in [3.63, 3.8) is 0 Å². The Hall–Kier alpha value is -2.32. The largest absolute Gasteiger partial charge is 0.382 e. The van der Waals surface area contributed by atoms with Gasteiger partial charge < -0.3 is 5.73 Å². The van der Waals surface area contributed by atoms with Gasteiger partial charge in [0.25, 0.3) is 0 Å². The Balaban J connectivity index is 2.43. The lowest BCUT2D eigenvalue weighted by molar-refractivity contribution is 0.377. The number of nitrogens with zero attached hydrogens (tertiary/aromatic N) is 3. The molecule has 1 aromatic carbocycles. The van der Waals surface area contributed by atoms with Crippen LogP contribution in [0.2, 0.25) is 5.02 Å². The maximum Gasteiger partial charge on any atom is 0.188 e. The predicted molar refractivity (Wildman–Crippen MR) is 113 cm³/mol. The standard InChI is InChI=1S/C21H26ClFN4/c1-13(7-8-15(25-14(2)23)11-12-21(3,4)5)16-9-10-17(22)18-19(16)27(6)26-20(18)24/h7-10,13-14H,1-6H3,(H2,24,26)/b8-7-,25-15?. The Kier molecular flexibility index (Phi) is 6.33. The summed E-state index contributed by atoms with van der Waals surface area (Å²) >= 11 is 6.29. The summed E-state index contributed by atoms with van der Waals surface area (Å²) in [6.45, 7) is 9.42. The van der Waals surface area contributed by atoms with E-state index < -0.39 is 6.30 Å². The number of anilines is 1. The summed E-state index contributed by atoms with van der Waals surface area (Å²) in [5.41, 5.74) is 8.13. The lowest BCUT2D eigenvalue weighted by Gasteiger charge is -2.11. The van der Waals surface area contributed by atoms with Crippen molar-refractivity contribution in [3.8, 4) is 11.8 Å². The van der Waals surface area contributed by atoms with Crippen molar-refractivity contribution < 1.29 is 4.39 Å². The van der Waals surface area contributed by atoms with Crippen molar-refractivity contribution >= 4 is 34.0 Å². The summed E-state index contributed by atoms with van der Waals surface area (Å²) in [7, 11) is 1.83. The first-order valence-electron chi connectivity index (χ1n) is 8.83. The van der Waals surface area contributed by atoms with Gasteiger partial charge in [-0.05, 0) is 51.3 Å². The quantitative estimate of drug-likeness (QED) is 0.440. The van der Waals surface area contributed by atoms with E-state index in [4.69, 9.17) is 17.3 Å². The second-order valence-electron chi connectivity index (χ2n) is 7.61. The lowest BCUT2D eigenvalue weighted by atomic mass is 9.96. The molecule has 2 aromatic rings. The average Bonchev–Trinajstić information content (AvgIpc) is 2.84. The van der Waals surface area contributed by atoms with Crippen LogP contribution in [0.1, 0.15) is 46.1 Å². The normalized spacial score (nSPS) is 15.0. The van der Waals surface area contributed by atoms with Crippen LogP contribution in [0.3, 0.4) is 0 Å². The Morgan fingerprint density at radius 2 is 2.04 bits per heavy atom. The molecule has 0 spiro atoms. The van der Waals surface area contributed by atoms with E-state index in [2.05, 4.69) is 21.9 Å². The minimum atomic E-state index is -1.31. The molecule has 0 aliphatic rings. The molecular weight excluding hydrogens is 363 g/mol. The fourth-order valence-corrected chi connectivity index (χ4v) is 2.95. The SMILES string of the molecule is CC(F)N=C(C#CC(C)(C)C)/C=C\C(C)c1ccc(Cl)c2c(N)nn(C)c12. The molecular formula is C21H26ClFN4. The number of nitrogens with two attached hydrogens (primary N) is 1. The van der Waals surface area contributed by atoms with Crippen LogP contribution in [0.25, 0.3) is 10.9 Å². The van der Waals surface area contributed by atoms with Gasteiger partial charge in [0.05, 0.1) is 15.9 Å². The van der Waals surface area contributed by atoms with Crippen molar-refractivity contribution in [2.24, 2.45) is 17.5 Å². The number of aromatic nitrogens is 2. The minimum Gasteiger partial charge on any atom is -0.382 e. The second-order valence-corrected chi connectivity index (χ2v) is 8.01. The molecule has 27 heavy (non-hydrogen) atoms. The highest BCUT2D eigenvalue weighted by Gasteiger charge is 2.16. The number of alkyl halides is 1. The molecule has 0 saturated carbocycles. The van der Waals surface area contributed by atoms with Crippen molar-refractivity contribution in [3.05, 3.63) is 34.9 Å². The van der Waals surface area contributed by atoms with Gasteiger partial charge in [0.15, 0.2) is 12.1 Å². The third kappa shape index (κ3) is 5.33. The number of hydrogen-bond donors (Lipinski definition) is 1. The van der Waals surface area contributed by atoms with Crippen LogP contribution in [0.15, 0.2) is 29.3 Å². The van der Waals surface area contributed by atoms with Crippen molar-refractivity contribution in [2.75, 3.05) is 5.73 Å². The van der Waals surface area contributed by atoms with Crippen molar-refractivity contribution in [1.29, 1.82) is 0 Å². The van der Waals surface area contributed by atoms with E-state index in [1.807, 2.05) is 53.0 Å². The van der Waals surface area contributed by atoms with E-state index in [0.29, 0.717) is 16.6 Å². The highest BCUT2D eigenvalue weighted by molar-refractivity contribution is 6.36. The number of hydrogen-bond acceptors (Lipinski definition) is 3. The molecule has 4 nitrogen and oxygen atoms in total. The van der Waals surface area contributed by atoms with Crippen LogP contribution >= 0.6 is 11.6 Å². The van der Waals surface area contributed by atoms with Gasteiger partial charge >= 0.3 is 0 Å². The van der Waals surface area contributed by atoms with Gasteiger partial charge in [0.2, 0.25) is 0 Å². The minimum absolute atomic E-state index is 0.0103. The number of nitrogen functional groups attached to an aromatic ring is 1. The smallest absolute Gasteiger partial charge is 0.188 e. The first-order valence-corrected chi connectivity index (χ1v) is 9.21. The van der Waals surface area contributed by atoms with E-state index in [0.717, 1.165) is 16.5 Å². The molecule has 1 aromatic heterocycles. The van der Waals surface area contributed by atoms with Gasteiger partial charge in [-0.3, -0.25) is 4.68 Å². The number of aryl methyl sites for hydroxylation is 1. The molecule has 0 amide bonds. The molecule has 2 unspecified atom stereocenters. The molecule has 0 aliphatic heterocycles. The number of halogens is 2. The molecule has 0 radical (unpaired) electrons. The van der Waals surface area contributed by atoms with Gasteiger partial charge in [0, 0.05) is 18.4 Å². The van der Waals surface area contributed by atoms with E-state index in [1.165, 1.54) is 6.92 Å². The zero-order chi connectivity index (χ0) is 20.4. The summed E-state index contributed by atoms with van der Waals surface area (Å²) < 4.78 is 15.1. The van der Waals surface area contributed by atoms with Crippen LogP contribution in [-0.2, 0) is 7.05 Å². The summed E-state index contributed by atoms with van der Waals surface area (Å²) in [6.07, 6.45) is 2.40.